The molecule has 3 rings (SSSR count). The predicted molar refractivity (Wildman–Crippen MR) is 86.2 cm³/mol. The molecule has 1 aliphatic heterocycles. The fourth-order valence-corrected chi connectivity index (χ4v) is 3.23. The summed E-state index contributed by atoms with van der Waals surface area (Å²) in [5.41, 5.74) is 0. The average molecular weight is 370 g/mol. The van der Waals surface area contributed by atoms with Crippen molar-refractivity contribution in [2.75, 3.05) is 13.1 Å². The molecule has 0 N–H and O–H groups in total. The van der Waals surface area contributed by atoms with Crippen molar-refractivity contribution in [3.05, 3.63) is 30.4 Å². The molecule has 0 radical (unpaired) electrons. The summed E-state index contributed by atoms with van der Waals surface area (Å²) in [6.45, 7) is 1.41. The molecule has 0 aliphatic carbocycles. The van der Waals surface area contributed by atoms with Crippen molar-refractivity contribution in [3.63, 3.8) is 0 Å². The third-order valence-electron chi connectivity index (χ3n) is 4.64. The summed E-state index contributed by atoms with van der Waals surface area (Å²) in [4.78, 5) is 17.6. The zero-order chi connectivity index (χ0) is 18.7. The number of hydrogen-bond donors (Lipinski definition) is 0. The molecule has 1 aliphatic rings. The normalized spacial score (nSPS) is 18.3. The molecule has 7 nitrogen and oxygen atoms in total. The van der Waals surface area contributed by atoms with E-state index in [1.807, 2.05) is 22.4 Å². The summed E-state index contributed by atoms with van der Waals surface area (Å²) in [5.74, 6) is 1.05. The number of amides is 1. The number of alkyl halides is 3. The van der Waals surface area contributed by atoms with Crippen molar-refractivity contribution in [1.82, 2.24) is 29.2 Å². The Hall–Kier alpha value is -2.39. The fourth-order valence-electron chi connectivity index (χ4n) is 3.23. The van der Waals surface area contributed by atoms with E-state index in [-0.39, 0.29) is 5.92 Å². The molecule has 0 bridgehead atoms. The molecule has 1 amide bonds. The van der Waals surface area contributed by atoms with Gasteiger partial charge in [-0.25, -0.2) is 4.98 Å². The molecule has 0 saturated carbocycles. The fraction of sp³-hybridized carbons (Fsp3) is 0.625. The van der Waals surface area contributed by atoms with Gasteiger partial charge in [0.15, 0.2) is 5.82 Å². The molecule has 3 heterocycles. The van der Waals surface area contributed by atoms with Crippen molar-refractivity contribution in [1.29, 1.82) is 0 Å². The number of aromatic nitrogens is 5. The van der Waals surface area contributed by atoms with E-state index >= 15 is 0 Å². The minimum atomic E-state index is -4.31. The number of piperidine rings is 1. The number of likely N-dealkylation sites (tertiary alicyclic amines) is 1. The molecule has 1 atom stereocenters. The lowest BCUT2D eigenvalue weighted by Crippen LogP contribution is -2.40. The highest BCUT2D eigenvalue weighted by Crippen LogP contribution is 2.28. The van der Waals surface area contributed by atoms with E-state index in [0.717, 1.165) is 24.5 Å². The molecular formula is C16H21F3N6O. The zero-order valence-corrected chi connectivity index (χ0v) is 14.5. The highest BCUT2D eigenvalue weighted by molar-refractivity contribution is 5.76. The molecule has 26 heavy (non-hydrogen) atoms. The Balaban J connectivity index is 1.64. The van der Waals surface area contributed by atoms with Gasteiger partial charge in [0.25, 0.3) is 0 Å². The van der Waals surface area contributed by atoms with E-state index in [9.17, 15) is 18.0 Å². The van der Waals surface area contributed by atoms with E-state index in [0.29, 0.717) is 19.6 Å². The number of nitrogens with zero attached hydrogens (tertiary/aromatic N) is 6. The molecule has 142 valence electrons. The van der Waals surface area contributed by atoms with Gasteiger partial charge in [-0.15, -0.1) is 10.2 Å². The lowest BCUT2D eigenvalue weighted by atomic mass is 9.96. The van der Waals surface area contributed by atoms with Crippen LogP contribution in [0.1, 0.15) is 43.3 Å². The van der Waals surface area contributed by atoms with Crippen LogP contribution in [0.4, 0.5) is 13.2 Å². The van der Waals surface area contributed by atoms with Crippen LogP contribution in [0, 0.1) is 0 Å². The summed E-state index contributed by atoms with van der Waals surface area (Å²) < 4.78 is 40.8. The largest absolute Gasteiger partial charge is 0.389 e. The van der Waals surface area contributed by atoms with Crippen LogP contribution in [0.2, 0.25) is 0 Å². The molecule has 2 aromatic rings. The second kappa shape index (κ2) is 7.46. The first kappa shape index (κ1) is 18.4. The van der Waals surface area contributed by atoms with Crippen LogP contribution in [0.15, 0.2) is 18.7 Å². The van der Waals surface area contributed by atoms with Crippen LogP contribution in [0.3, 0.4) is 0 Å². The first-order valence-electron chi connectivity index (χ1n) is 8.52. The Bertz CT molecular complexity index is 740. The number of carbonyl (C=O) groups excluding carboxylic acids is 1. The molecule has 0 aromatic carbocycles. The summed E-state index contributed by atoms with van der Waals surface area (Å²) in [7, 11) is 1.87. The topological polar surface area (TPSA) is 68.8 Å². The Morgan fingerprint density at radius 3 is 2.85 bits per heavy atom. The van der Waals surface area contributed by atoms with Crippen molar-refractivity contribution in [3.8, 4) is 0 Å². The smallest absolute Gasteiger partial charge is 0.342 e. The third-order valence-corrected chi connectivity index (χ3v) is 4.64. The van der Waals surface area contributed by atoms with Gasteiger partial charge in [0.05, 0.1) is 19.3 Å². The summed E-state index contributed by atoms with van der Waals surface area (Å²) in [6, 6.07) is 0. The lowest BCUT2D eigenvalue weighted by Gasteiger charge is -2.32. The lowest BCUT2D eigenvalue weighted by molar-refractivity contribution is -0.149. The van der Waals surface area contributed by atoms with Crippen LogP contribution in [-0.4, -0.2) is 54.4 Å². The highest BCUT2D eigenvalue weighted by Gasteiger charge is 2.32. The average Bonchev–Trinajstić information content (AvgIpc) is 3.23. The van der Waals surface area contributed by atoms with E-state index in [2.05, 4.69) is 15.2 Å². The van der Waals surface area contributed by atoms with Crippen LogP contribution in [0.5, 0.6) is 0 Å². The molecule has 0 spiro atoms. The van der Waals surface area contributed by atoms with Crippen molar-refractivity contribution < 1.29 is 18.0 Å². The van der Waals surface area contributed by atoms with Gasteiger partial charge in [0.2, 0.25) is 5.91 Å². The number of halogens is 3. The predicted octanol–water partition coefficient (Wildman–Crippen LogP) is 2.11. The summed E-state index contributed by atoms with van der Waals surface area (Å²) in [5, 5.41) is 8.48. The van der Waals surface area contributed by atoms with Crippen LogP contribution >= 0.6 is 0 Å². The quantitative estimate of drug-likeness (QED) is 0.808. The van der Waals surface area contributed by atoms with E-state index in [1.54, 1.807) is 12.5 Å². The third kappa shape index (κ3) is 4.41. The molecule has 1 fully saturated rings. The molecule has 10 heteroatoms. The summed E-state index contributed by atoms with van der Waals surface area (Å²) in [6.07, 6.45) is 0.894. The van der Waals surface area contributed by atoms with Gasteiger partial charge in [-0.1, -0.05) is 0 Å². The minimum absolute atomic E-state index is 0.0207. The van der Waals surface area contributed by atoms with Gasteiger partial charge in [-0.2, -0.15) is 13.2 Å². The SMILES string of the molecule is Cn1c(Cn2ccnc2)nnc1[C@@H]1CCCN(C(=O)CCC(F)(F)F)C1. The monoisotopic (exact) mass is 370 g/mol. The first-order valence-corrected chi connectivity index (χ1v) is 8.52. The van der Waals surface area contributed by atoms with Crippen molar-refractivity contribution >= 4 is 5.91 Å². The Morgan fingerprint density at radius 1 is 1.35 bits per heavy atom. The minimum Gasteiger partial charge on any atom is -0.342 e. The second-order valence-electron chi connectivity index (χ2n) is 6.56. The maximum absolute atomic E-state index is 12.3. The number of carbonyl (C=O) groups is 1. The van der Waals surface area contributed by atoms with Gasteiger partial charge in [-0.05, 0) is 12.8 Å². The molecular weight excluding hydrogens is 349 g/mol. The van der Waals surface area contributed by atoms with Gasteiger partial charge < -0.3 is 14.0 Å². The highest BCUT2D eigenvalue weighted by atomic mass is 19.4. The van der Waals surface area contributed by atoms with Gasteiger partial charge in [-0.3, -0.25) is 4.79 Å². The standard InChI is InChI=1S/C16H21F3N6O/c1-23-13(10-24-8-6-20-11-24)21-22-15(23)12-3-2-7-25(9-12)14(26)4-5-16(17,18)19/h6,8,11-12H,2-5,7,9-10H2,1H3/t12-/m1/s1. The second-order valence-corrected chi connectivity index (χ2v) is 6.56. The first-order chi connectivity index (χ1) is 12.3. The van der Waals surface area contributed by atoms with E-state index in [4.69, 9.17) is 0 Å². The molecule has 0 unspecified atom stereocenters. The van der Waals surface area contributed by atoms with Crippen LogP contribution < -0.4 is 0 Å². The maximum Gasteiger partial charge on any atom is 0.389 e. The Labute approximate surface area is 148 Å². The Kier molecular flexibility index (Phi) is 5.28. The number of imidazole rings is 1. The van der Waals surface area contributed by atoms with Crippen LogP contribution in [-0.2, 0) is 18.4 Å². The molecule has 1 saturated heterocycles. The van der Waals surface area contributed by atoms with Crippen molar-refractivity contribution in [2.24, 2.45) is 7.05 Å². The number of rotatable bonds is 5. The van der Waals surface area contributed by atoms with E-state index < -0.39 is 24.9 Å². The van der Waals surface area contributed by atoms with Gasteiger partial charge in [0, 0.05) is 44.9 Å². The van der Waals surface area contributed by atoms with Gasteiger partial charge in [0.1, 0.15) is 5.82 Å². The number of hydrogen-bond acceptors (Lipinski definition) is 4. The molecule has 2 aromatic heterocycles. The van der Waals surface area contributed by atoms with Gasteiger partial charge >= 0.3 is 6.18 Å². The van der Waals surface area contributed by atoms with E-state index in [1.165, 1.54) is 4.90 Å². The maximum atomic E-state index is 12.3. The van der Waals surface area contributed by atoms with Crippen molar-refractivity contribution in [2.45, 2.75) is 44.3 Å². The van der Waals surface area contributed by atoms with Crippen LogP contribution in [0.25, 0.3) is 0 Å². The Morgan fingerprint density at radius 2 is 2.15 bits per heavy atom. The summed E-state index contributed by atoms with van der Waals surface area (Å²) >= 11 is 0. The zero-order valence-electron chi connectivity index (χ0n) is 14.5.